The summed E-state index contributed by atoms with van der Waals surface area (Å²) in [5.41, 5.74) is 0.384. The van der Waals surface area contributed by atoms with Crippen molar-refractivity contribution in [3.63, 3.8) is 0 Å². The molecule has 1 aliphatic heterocycles. The molecular formula is C24H24N2O6S. The standard InChI is InChI=1S/C24H24N2O6S/c1-30-19-11-13-21(14-12-19)33(28,29)26(18-7-3-2-4-8-18)16-24(27)25-15-20-17-31-22-9-5-6-10-23(22)32-20/h2-14,20H,15-17H2,1H3,(H,25,27)/t20-/m0/s1. The van der Waals surface area contributed by atoms with E-state index in [9.17, 15) is 13.2 Å². The number of rotatable bonds is 8. The molecule has 0 unspecified atom stereocenters. The van der Waals surface area contributed by atoms with Gasteiger partial charge in [-0.25, -0.2) is 8.42 Å². The normalized spacial score (nSPS) is 14.9. The van der Waals surface area contributed by atoms with Crippen LogP contribution in [-0.2, 0) is 14.8 Å². The highest BCUT2D eigenvalue weighted by Crippen LogP contribution is 2.30. The van der Waals surface area contributed by atoms with Crippen LogP contribution in [-0.4, -0.2) is 47.2 Å². The molecule has 0 saturated carbocycles. The highest BCUT2D eigenvalue weighted by atomic mass is 32.2. The van der Waals surface area contributed by atoms with Crippen LogP contribution >= 0.6 is 0 Å². The van der Waals surface area contributed by atoms with Crippen LogP contribution in [0, 0.1) is 0 Å². The molecule has 0 aromatic heterocycles. The van der Waals surface area contributed by atoms with E-state index >= 15 is 0 Å². The van der Waals surface area contributed by atoms with Crippen LogP contribution in [0.1, 0.15) is 0 Å². The minimum absolute atomic E-state index is 0.0561. The van der Waals surface area contributed by atoms with Crippen LogP contribution in [0.3, 0.4) is 0 Å². The van der Waals surface area contributed by atoms with E-state index in [1.54, 1.807) is 48.5 Å². The van der Waals surface area contributed by atoms with E-state index in [1.165, 1.54) is 19.2 Å². The van der Waals surface area contributed by atoms with Gasteiger partial charge < -0.3 is 19.5 Å². The minimum atomic E-state index is -4.00. The van der Waals surface area contributed by atoms with Gasteiger partial charge in [-0.3, -0.25) is 9.10 Å². The average Bonchev–Trinajstić information content (AvgIpc) is 2.86. The van der Waals surface area contributed by atoms with Gasteiger partial charge in [0.1, 0.15) is 25.0 Å². The van der Waals surface area contributed by atoms with Gasteiger partial charge in [0, 0.05) is 0 Å². The summed E-state index contributed by atoms with van der Waals surface area (Å²) in [6.07, 6.45) is -0.382. The van der Waals surface area contributed by atoms with Gasteiger partial charge >= 0.3 is 0 Å². The minimum Gasteiger partial charge on any atom is -0.497 e. The maximum absolute atomic E-state index is 13.4. The summed E-state index contributed by atoms with van der Waals surface area (Å²) in [5.74, 6) is 1.34. The van der Waals surface area contributed by atoms with Gasteiger partial charge in [0.15, 0.2) is 11.5 Å². The summed E-state index contributed by atoms with van der Waals surface area (Å²) in [5, 5.41) is 2.76. The highest BCUT2D eigenvalue weighted by Gasteiger charge is 2.28. The molecule has 1 heterocycles. The summed E-state index contributed by atoms with van der Waals surface area (Å²) in [6, 6.07) is 21.8. The molecule has 3 aromatic carbocycles. The Morgan fingerprint density at radius 2 is 1.67 bits per heavy atom. The second-order valence-corrected chi connectivity index (χ2v) is 9.19. The Hall–Kier alpha value is -3.72. The first-order valence-corrected chi connectivity index (χ1v) is 11.8. The monoisotopic (exact) mass is 468 g/mol. The fourth-order valence-corrected chi connectivity index (χ4v) is 4.78. The number of hydrogen-bond donors (Lipinski definition) is 1. The molecule has 0 spiro atoms. The molecule has 9 heteroatoms. The topological polar surface area (TPSA) is 94.2 Å². The third kappa shape index (κ3) is 5.20. The van der Waals surface area contributed by atoms with Crippen LogP contribution in [0.25, 0.3) is 0 Å². The van der Waals surface area contributed by atoms with Gasteiger partial charge in [-0.05, 0) is 48.5 Å². The molecule has 3 aromatic rings. The molecule has 0 bridgehead atoms. The van der Waals surface area contributed by atoms with E-state index in [2.05, 4.69) is 5.32 Å². The number of nitrogens with zero attached hydrogens (tertiary/aromatic N) is 1. The van der Waals surface area contributed by atoms with E-state index in [0.717, 1.165) is 4.31 Å². The van der Waals surface area contributed by atoms with Crippen molar-refractivity contribution < 1.29 is 27.4 Å². The predicted octanol–water partition coefficient (Wildman–Crippen LogP) is 2.85. The van der Waals surface area contributed by atoms with Crippen molar-refractivity contribution in [2.24, 2.45) is 0 Å². The van der Waals surface area contributed by atoms with Gasteiger partial charge in [-0.2, -0.15) is 0 Å². The van der Waals surface area contributed by atoms with Crippen LogP contribution in [0.5, 0.6) is 17.2 Å². The molecule has 0 aliphatic carbocycles. The Morgan fingerprint density at radius 3 is 2.36 bits per heavy atom. The molecule has 8 nitrogen and oxygen atoms in total. The Morgan fingerprint density at radius 1 is 1.00 bits per heavy atom. The van der Waals surface area contributed by atoms with E-state index in [1.807, 2.05) is 18.2 Å². The molecule has 1 N–H and O–H groups in total. The zero-order valence-corrected chi connectivity index (χ0v) is 18.8. The number of sulfonamides is 1. The number of fused-ring (bicyclic) bond motifs is 1. The molecule has 1 amide bonds. The lowest BCUT2D eigenvalue weighted by atomic mass is 10.2. The Kier molecular flexibility index (Phi) is 6.69. The van der Waals surface area contributed by atoms with Gasteiger partial charge in [0.05, 0.1) is 24.2 Å². The number of para-hydroxylation sites is 3. The summed E-state index contributed by atoms with van der Waals surface area (Å²) in [6.45, 7) is 0.0742. The molecule has 33 heavy (non-hydrogen) atoms. The number of carbonyl (C=O) groups excluding carboxylic acids is 1. The fraction of sp³-hybridized carbons (Fsp3) is 0.208. The summed E-state index contributed by atoms with van der Waals surface area (Å²) in [7, 11) is -2.49. The second-order valence-electron chi connectivity index (χ2n) is 7.32. The quantitative estimate of drug-likeness (QED) is 0.546. The van der Waals surface area contributed by atoms with Crippen molar-refractivity contribution in [1.29, 1.82) is 0 Å². The first kappa shape index (κ1) is 22.5. The smallest absolute Gasteiger partial charge is 0.264 e. The largest absolute Gasteiger partial charge is 0.497 e. The lowest BCUT2D eigenvalue weighted by molar-refractivity contribution is -0.120. The molecule has 0 radical (unpaired) electrons. The number of methoxy groups -OCH3 is 1. The Bertz CT molecular complexity index is 1200. The Balaban J connectivity index is 1.47. The number of ether oxygens (including phenoxy) is 3. The third-order valence-electron chi connectivity index (χ3n) is 5.07. The van der Waals surface area contributed by atoms with E-state index < -0.39 is 15.9 Å². The Labute approximate surface area is 192 Å². The second kappa shape index (κ2) is 9.83. The number of nitrogens with one attached hydrogen (secondary N) is 1. The molecule has 1 aliphatic rings. The maximum atomic E-state index is 13.4. The first-order chi connectivity index (χ1) is 16.0. The number of amides is 1. The van der Waals surface area contributed by atoms with Crippen LogP contribution < -0.4 is 23.8 Å². The van der Waals surface area contributed by atoms with Crippen molar-refractivity contribution >= 4 is 21.6 Å². The van der Waals surface area contributed by atoms with Crippen molar-refractivity contribution in [1.82, 2.24) is 5.32 Å². The van der Waals surface area contributed by atoms with E-state index in [4.69, 9.17) is 14.2 Å². The van der Waals surface area contributed by atoms with Crippen LogP contribution in [0.15, 0.2) is 83.8 Å². The van der Waals surface area contributed by atoms with Crippen molar-refractivity contribution in [3.05, 3.63) is 78.9 Å². The highest BCUT2D eigenvalue weighted by molar-refractivity contribution is 7.92. The first-order valence-electron chi connectivity index (χ1n) is 10.3. The molecular weight excluding hydrogens is 444 g/mol. The van der Waals surface area contributed by atoms with Gasteiger partial charge in [0.25, 0.3) is 10.0 Å². The summed E-state index contributed by atoms with van der Waals surface area (Å²) >= 11 is 0. The van der Waals surface area contributed by atoms with E-state index in [-0.39, 0.29) is 30.7 Å². The molecule has 0 fully saturated rings. The SMILES string of the molecule is COc1ccc(S(=O)(=O)N(CC(=O)NC[C@H]2COc3ccccc3O2)c2ccccc2)cc1. The zero-order valence-electron chi connectivity index (χ0n) is 18.0. The van der Waals surface area contributed by atoms with Crippen molar-refractivity contribution in [2.45, 2.75) is 11.0 Å². The van der Waals surface area contributed by atoms with Crippen molar-refractivity contribution in [2.75, 3.05) is 31.1 Å². The molecule has 1 atom stereocenters. The summed E-state index contributed by atoms with van der Waals surface area (Å²) in [4.78, 5) is 12.8. The molecule has 4 rings (SSSR count). The number of hydrogen-bond acceptors (Lipinski definition) is 6. The third-order valence-corrected chi connectivity index (χ3v) is 6.86. The van der Waals surface area contributed by atoms with Gasteiger partial charge in [0.2, 0.25) is 5.91 Å². The summed E-state index contributed by atoms with van der Waals surface area (Å²) < 4.78 is 44.4. The van der Waals surface area contributed by atoms with Gasteiger partial charge in [-0.15, -0.1) is 0 Å². The van der Waals surface area contributed by atoms with Crippen LogP contribution in [0.2, 0.25) is 0 Å². The van der Waals surface area contributed by atoms with Gasteiger partial charge in [-0.1, -0.05) is 30.3 Å². The number of anilines is 1. The molecule has 172 valence electrons. The number of carbonyl (C=O) groups is 1. The lowest BCUT2D eigenvalue weighted by Gasteiger charge is -2.27. The lowest BCUT2D eigenvalue weighted by Crippen LogP contribution is -2.45. The number of benzene rings is 3. The van der Waals surface area contributed by atoms with Crippen molar-refractivity contribution in [3.8, 4) is 17.2 Å². The molecule has 0 saturated heterocycles. The van der Waals surface area contributed by atoms with E-state index in [0.29, 0.717) is 22.9 Å². The average molecular weight is 469 g/mol. The maximum Gasteiger partial charge on any atom is 0.264 e. The predicted molar refractivity (Wildman–Crippen MR) is 123 cm³/mol. The fourth-order valence-electron chi connectivity index (χ4n) is 3.36. The zero-order chi connectivity index (χ0) is 23.3. The van der Waals surface area contributed by atoms with Crippen LogP contribution in [0.4, 0.5) is 5.69 Å².